The smallest absolute Gasteiger partial charge is 0.406 e. The van der Waals surface area contributed by atoms with Crippen LogP contribution in [0.1, 0.15) is 11.3 Å². The standard InChI is InChI=1S/C20H15F3N4O2S/c1-27-16(10-18(28)25-14-4-2-13(11-24)3-5-14)12-30-19(27)26-15-6-8-17(9-7-15)29-20(21,22)23/h2-9,12H,10H2,1H3,(H,25,28). The molecule has 0 aliphatic carbocycles. The number of hydrogen-bond donors (Lipinski definition) is 1. The number of anilines is 1. The molecule has 0 saturated heterocycles. The van der Waals surface area contributed by atoms with E-state index in [0.717, 1.165) is 5.69 Å². The SMILES string of the molecule is Cn1c(CC(=O)Nc2ccc(C#N)cc2)csc1=Nc1ccc(OC(F)(F)F)cc1. The lowest BCUT2D eigenvalue weighted by molar-refractivity contribution is -0.274. The third-order valence-corrected chi connectivity index (χ3v) is 4.92. The molecule has 1 N–H and O–H groups in total. The van der Waals surface area contributed by atoms with E-state index < -0.39 is 6.36 Å². The Hall–Kier alpha value is -3.58. The number of alkyl halides is 3. The Morgan fingerprint density at radius 1 is 1.20 bits per heavy atom. The van der Waals surface area contributed by atoms with E-state index in [9.17, 15) is 18.0 Å². The molecule has 3 rings (SSSR count). The third kappa shape index (κ3) is 5.71. The number of rotatable bonds is 5. The van der Waals surface area contributed by atoms with Gasteiger partial charge in [-0.2, -0.15) is 5.26 Å². The van der Waals surface area contributed by atoms with Gasteiger partial charge in [-0.1, -0.05) is 0 Å². The maximum atomic E-state index is 12.3. The molecule has 154 valence electrons. The van der Waals surface area contributed by atoms with Crippen LogP contribution >= 0.6 is 11.3 Å². The first-order valence-corrected chi connectivity index (χ1v) is 9.45. The van der Waals surface area contributed by atoms with Crippen molar-refractivity contribution >= 4 is 28.6 Å². The van der Waals surface area contributed by atoms with E-state index in [1.165, 1.54) is 35.6 Å². The van der Waals surface area contributed by atoms with Gasteiger partial charge >= 0.3 is 6.36 Å². The van der Waals surface area contributed by atoms with Crippen molar-refractivity contribution in [1.29, 1.82) is 5.26 Å². The first kappa shape index (κ1) is 21.1. The van der Waals surface area contributed by atoms with E-state index in [4.69, 9.17) is 5.26 Å². The van der Waals surface area contributed by atoms with E-state index in [1.54, 1.807) is 41.3 Å². The highest BCUT2D eigenvalue weighted by Gasteiger charge is 2.30. The molecule has 1 heterocycles. The van der Waals surface area contributed by atoms with Crippen molar-refractivity contribution in [3.8, 4) is 11.8 Å². The van der Waals surface area contributed by atoms with Gasteiger partial charge in [-0.25, -0.2) is 4.99 Å². The van der Waals surface area contributed by atoms with E-state index >= 15 is 0 Å². The van der Waals surface area contributed by atoms with Gasteiger partial charge in [0.15, 0.2) is 4.80 Å². The van der Waals surface area contributed by atoms with Gasteiger partial charge < -0.3 is 14.6 Å². The number of hydrogen-bond acceptors (Lipinski definition) is 5. The number of nitrogens with zero attached hydrogens (tertiary/aromatic N) is 3. The molecule has 0 aliphatic heterocycles. The van der Waals surface area contributed by atoms with Crippen LogP contribution in [-0.4, -0.2) is 16.8 Å². The third-order valence-electron chi connectivity index (χ3n) is 3.95. The van der Waals surface area contributed by atoms with Crippen LogP contribution in [0, 0.1) is 11.3 Å². The van der Waals surface area contributed by atoms with Gasteiger partial charge in [0.25, 0.3) is 0 Å². The first-order valence-electron chi connectivity index (χ1n) is 8.57. The molecule has 0 saturated carbocycles. The molecular formula is C20H15F3N4O2S. The summed E-state index contributed by atoms with van der Waals surface area (Å²) in [6, 6.07) is 13.7. The number of carbonyl (C=O) groups is 1. The van der Waals surface area contributed by atoms with Crippen LogP contribution in [0.5, 0.6) is 5.75 Å². The van der Waals surface area contributed by atoms with Gasteiger partial charge in [-0.15, -0.1) is 24.5 Å². The van der Waals surface area contributed by atoms with Gasteiger partial charge in [0, 0.05) is 23.8 Å². The largest absolute Gasteiger partial charge is 0.573 e. The van der Waals surface area contributed by atoms with Gasteiger partial charge in [-0.05, 0) is 48.5 Å². The summed E-state index contributed by atoms with van der Waals surface area (Å²) in [5, 5.41) is 13.4. The number of benzene rings is 2. The van der Waals surface area contributed by atoms with Gasteiger partial charge in [0.2, 0.25) is 5.91 Å². The molecule has 0 atom stereocenters. The van der Waals surface area contributed by atoms with Crippen molar-refractivity contribution in [2.45, 2.75) is 12.8 Å². The van der Waals surface area contributed by atoms with E-state index in [2.05, 4.69) is 15.0 Å². The average molecular weight is 432 g/mol. The summed E-state index contributed by atoms with van der Waals surface area (Å²) >= 11 is 1.31. The monoisotopic (exact) mass is 432 g/mol. The summed E-state index contributed by atoms with van der Waals surface area (Å²) in [7, 11) is 1.75. The van der Waals surface area contributed by atoms with Crippen molar-refractivity contribution in [3.05, 3.63) is 70.0 Å². The van der Waals surface area contributed by atoms with Crippen molar-refractivity contribution in [2.75, 3.05) is 5.32 Å². The van der Waals surface area contributed by atoms with Crippen LogP contribution in [0.4, 0.5) is 24.5 Å². The molecule has 0 fully saturated rings. The molecule has 0 bridgehead atoms. The molecule has 6 nitrogen and oxygen atoms in total. The molecular weight excluding hydrogens is 417 g/mol. The second-order valence-corrected chi connectivity index (χ2v) is 6.97. The molecule has 10 heteroatoms. The molecule has 1 aromatic heterocycles. The van der Waals surface area contributed by atoms with Crippen LogP contribution in [0.3, 0.4) is 0 Å². The Morgan fingerprint density at radius 3 is 2.47 bits per heavy atom. The lowest BCUT2D eigenvalue weighted by Gasteiger charge is -2.08. The number of ether oxygens (including phenoxy) is 1. The number of amides is 1. The van der Waals surface area contributed by atoms with Crippen LogP contribution in [0.2, 0.25) is 0 Å². The maximum absolute atomic E-state index is 12.3. The molecule has 0 unspecified atom stereocenters. The number of nitrogens with one attached hydrogen (secondary N) is 1. The summed E-state index contributed by atoms with van der Waals surface area (Å²) in [4.78, 5) is 17.3. The number of carbonyl (C=O) groups excluding carboxylic acids is 1. The molecule has 3 aromatic rings. The fraction of sp³-hybridized carbons (Fsp3) is 0.150. The second-order valence-electron chi connectivity index (χ2n) is 6.14. The zero-order valence-electron chi connectivity index (χ0n) is 15.6. The normalized spacial score (nSPS) is 11.8. The van der Waals surface area contributed by atoms with E-state index in [0.29, 0.717) is 21.7 Å². The highest BCUT2D eigenvalue weighted by molar-refractivity contribution is 7.07. The highest BCUT2D eigenvalue weighted by atomic mass is 32.1. The average Bonchev–Trinajstić information content (AvgIpc) is 3.02. The number of thiazole rings is 1. The number of halogens is 3. The van der Waals surface area contributed by atoms with Gasteiger partial charge in [0.1, 0.15) is 5.75 Å². The molecule has 1 amide bonds. The van der Waals surface area contributed by atoms with Crippen molar-refractivity contribution < 1.29 is 22.7 Å². The maximum Gasteiger partial charge on any atom is 0.573 e. The second kappa shape index (κ2) is 8.84. The van der Waals surface area contributed by atoms with Crippen LogP contribution < -0.4 is 14.9 Å². The summed E-state index contributed by atoms with van der Waals surface area (Å²) in [5.74, 6) is -0.550. The van der Waals surface area contributed by atoms with Crippen LogP contribution in [-0.2, 0) is 18.3 Å². The van der Waals surface area contributed by atoms with Crippen molar-refractivity contribution in [1.82, 2.24) is 4.57 Å². The molecule has 0 aliphatic rings. The number of nitriles is 1. The van der Waals surface area contributed by atoms with Crippen LogP contribution in [0.25, 0.3) is 0 Å². The Morgan fingerprint density at radius 2 is 1.87 bits per heavy atom. The Balaban J connectivity index is 1.69. The van der Waals surface area contributed by atoms with E-state index in [1.807, 2.05) is 6.07 Å². The fourth-order valence-electron chi connectivity index (χ4n) is 2.49. The molecule has 0 spiro atoms. The molecule has 30 heavy (non-hydrogen) atoms. The predicted molar refractivity (Wildman–Crippen MR) is 105 cm³/mol. The van der Waals surface area contributed by atoms with Crippen molar-refractivity contribution in [3.63, 3.8) is 0 Å². The summed E-state index contributed by atoms with van der Waals surface area (Å²) in [5.41, 5.74) is 2.27. The van der Waals surface area contributed by atoms with Gasteiger partial charge in [-0.3, -0.25) is 4.79 Å². The topological polar surface area (TPSA) is 79.4 Å². The Kier molecular flexibility index (Phi) is 6.23. The highest BCUT2D eigenvalue weighted by Crippen LogP contribution is 2.24. The van der Waals surface area contributed by atoms with Crippen molar-refractivity contribution in [2.24, 2.45) is 12.0 Å². The summed E-state index contributed by atoms with van der Waals surface area (Å²) in [6.45, 7) is 0. The predicted octanol–water partition coefficient (Wildman–Crippen LogP) is 4.27. The minimum absolute atomic E-state index is 0.112. The minimum atomic E-state index is -4.74. The fourth-order valence-corrected chi connectivity index (χ4v) is 3.41. The Labute approximate surface area is 173 Å². The zero-order valence-corrected chi connectivity index (χ0v) is 16.4. The Bertz CT molecular complexity index is 1140. The summed E-state index contributed by atoms with van der Waals surface area (Å²) < 4.78 is 42.3. The minimum Gasteiger partial charge on any atom is -0.406 e. The molecule has 0 radical (unpaired) electrons. The lowest BCUT2D eigenvalue weighted by atomic mass is 10.2. The number of aromatic nitrogens is 1. The van der Waals surface area contributed by atoms with Crippen LogP contribution in [0.15, 0.2) is 58.9 Å². The van der Waals surface area contributed by atoms with Gasteiger partial charge in [0.05, 0.1) is 23.7 Å². The lowest BCUT2D eigenvalue weighted by Crippen LogP contribution is -2.19. The molecule has 2 aromatic carbocycles. The zero-order chi connectivity index (χ0) is 21.7. The quantitative estimate of drug-likeness (QED) is 0.654. The van der Waals surface area contributed by atoms with E-state index in [-0.39, 0.29) is 18.1 Å². The first-order chi connectivity index (χ1) is 14.2. The summed E-state index contributed by atoms with van der Waals surface area (Å²) in [6.07, 6.45) is -4.63.